The first kappa shape index (κ1) is 15.5. The minimum Gasteiger partial charge on any atom is -0.461 e. The Balaban J connectivity index is 1.63. The number of nitrogens with one attached hydrogen (secondary N) is 1. The van der Waals surface area contributed by atoms with Crippen molar-refractivity contribution in [3.63, 3.8) is 0 Å². The van der Waals surface area contributed by atoms with E-state index in [1.54, 1.807) is 0 Å². The van der Waals surface area contributed by atoms with Crippen LogP contribution in [0.2, 0.25) is 0 Å². The van der Waals surface area contributed by atoms with Crippen molar-refractivity contribution >= 4 is 17.9 Å². The predicted molar refractivity (Wildman–Crippen MR) is 82.2 cm³/mol. The lowest BCUT2D eigenvalue weighted by Crippen LogP contribution is -2.44. The largest absolute Gasteiger partial charge is 0.461 e. The number of likely N-dealkylation sites (tertiary alicyclic amines) is 1. The second-order valence-corrected chi connectivity index (χ2v) is 6.03. The predicted octanol–water partition coefficient (Wildman–Crippen LogP) is 1.70. The fraction of sp³-hybridized carbons (Fsp3) is 0.471. The molecule has 1 aliphatic heterocycles. The molecule has 1 N–H and O–H groups in total. The minimum absolute atomic E-state index is 0.122. The van der Waals surface area contributed by atoms with Crippen LogP contribution in [0.5, 0.6) is 0 Å². The molecule has 2 fully saturated rings. The van der Waals surface area contributed by atoms with Crippen molar-refractivity contribution in [2.75, 3.05) is 7.05 Å². The topological polar surface area (TPSA) is 75.7 Å². The Labute approximate surface area is 134 Å². The molecule has 0 spiro atoms. The van der Waals surface area contributed by atoms with Crippen molar-refractivity contribution in [2.45, 2.75) is 31.9 Å². The monoisotopic (exact) mass is 316 g/mol. The van der Waals surface area contributed by atoms with Gasteiger partial charge in [-0.05, 0) is 18.4 Å². The maximum Gasteiger partial charge on any atom is 0.324 e. The standard InChI is InChI=1S/C17H20N2O4/c1-18-17(22)19-14-8-7-12(13(14)9-15(19)20)16(21)23-10-11-5-3-2-4-6-11/h2-6,12-14H,7-10H2,1H3,(H,18,22)/t12?,13-,14-/m0/s1. The average Bonchev–Trinajstić information content (AvgIpc) is 3.10. The fourth-order valence-corrected chi connectivity index (χ4v) is 3.64. The summed E-state index contributed by atoms with van der Waals surface area (Å²) in [6.07, 6.45) is 1.56. The van der Waals surface area contributed by atoms with Crippen LogP contribution in [-0.2, 0) is 20.9 Å². The Kier molecular flexibility index (Phi) is 4.32. The molecular weight excluding hydrogens is 296 g/mol. The van der Waals surface area contributed by atoms with Crippen LogP contribution in [0.3, 0.4) is 0 Å². The third kappa shape index (κ3) is 2.93. The summed E-state index contributed by atoms with van der Waals surface area (Å²) >= 11 is 0. The van der Waals surface area contributed by atoms with Gasteiger partial charge in [0.1, 0.15) is 6.61 Å². The maximum atomic E-state index is 12.4. The molecule has 0 bridgehead atoms. The number of nitrogens with zero attached hydrogens (tertiary/aromatic N) is 1. The molecule has 0 radical (unpaired) electrons. The number of fused-ring (bicyclic) bond motifs is 1. The summed E-state index contributed by atoms with van der Waals surface area (Å²) in [6.45, 7) is 0.237. The van der Waals surface area contributed by atoms with Crippen LogP contribution in [0.25, 0.3) is 0 Å². The zero-order valence-electron chi connectivity index (χ0n) is 13.0. The Morgan fingerprint density at radius 1 is 1.26 bits per heavy atom. The third-order valence-electron chi connectivity index (χ3n) is 4.75. The van der Waals surface area contributed by atoms with E-state index in [0.717, 1.165) is 5.56 Å². The number of imide groups is 1. The number of hydrogen-bond acceptors (Lipinski definition) is 4. The number of carbonyl (C=O) groups excluding carboxylic acids is 3. The number of carbonyl (C=O) groups is 3. The van der Waals surface area contributed by atoms with Gasteiger partial charge in [0, 0.05) is 25.4 Å². The van der Waals surface area contributed by atoms with Crippen LogP contribution in [-0.4, -0.2) is 35.9 Å². The number of amides is 3. The van der Waals surface area contributed by atoms with Gasteiger partial charge in [-0.1, -0.05) is 30.3 Å². The highest BCUT2D eigenvalue weighted by atomic mass is 16.5. The Morgan fingerprint density at radius 2 is 2.00 bits per heavy atom. The maximum absolute atomic E-state index is 12.4. The lowest BCUT2D eigenvalue weighted by atomic mass is 9.93. The van der Waals surface area contributed by atoms with Gasteiger partial charge in [0.2, 0.25) is 5.91 Å². The summed E-state index contributed by atoms with van der Waals surface area (Å²) in [5, 5.41) is 2.49. The first-order valence-electron chi connectivity index (χ1n) is 7.86. The van der Waals surface area contributed by atoms with E-state index in [4.69, 9.17) is 4.74 Å². The van der Waals surface area contributed by atoms with E-state index in [-0.39, 0.29) is 48.8 Å². The molecule has 122 valence electrons. The van der Waals surface area contributed by atoms with Gasteiger partial charge in [0.05, 0.1) is 5.92 Å². The quantitative estimate of drug-likeness (QED) is 0.861. The van der Waals surface area contributed by atoms with Gasteiger partial charge in [0.15, 0.2) is 0 Å². The van der Waals surface area contributed by atoms with E-state index in [2.05, 4.69) is 5.32 Å². The summed E-state index contributed by atoms with van der Waals surface area (Å²) in [5.74, 6) is -0.904. The summed E-state index contributed by atoms with van der Waals surface area (Å²) in [7, 11) is 1.50. The van der Waals surface area contributed by atoms with E-state index in [1.165, 1.54) is 11.9 Å². The van der Waals surface area contributed by atoms with Crippen molar-refractivity contribution in [2.24, 2.45) is 11.8 Å². The van der Waals surface area contributed by atoms with E-state index >= 15 is 0 Å². The molecule has 3 amide bonds. The second kappa shape index (κ2) is 6.40. The summed E-state index contributed by atoms with van der Waals surface area (Å²) < 4.78 is 5.41. The fourth-order valence-electron chi connectivity index (χ4n) is 3.64. The zero-order valence-corrected chi connectivity index (χ0v) is 13.0. The van der Waals surface area contributed by atoms with Crippen molar-refractivity contribution in [3.05, 3.63) is 35.9 Å². The molecule has 2 aliphatic rings. The number of hydrogen-bond donors (Lipinski definition) is 1. The molecule has 1 saturated heterocycles. The first-order valence-corrected chi connectivity index (χ1v) is 7.86. The van der Waals surface area contributed by atoms with Crippen LogP contribution in [0, 0.1) is 11.8 Å². The van der Waals surface area contributed by atoms with Crippen molar-refractivity contribution in [3.8, 4) is 0 Å². The lowest BCUT2D eigenvalue weighted by Gasteiger charge is -2.21. The molecule has 3 atom stereocenters. The summed E-state index contributed by atoms with van der Waals surface area (Å²) in [6, 6.07) is 8.92. The average molecular weight is 316 g/mol. The number of ether oxygens (including phenoxy) is 1. The van der Waals surface area contributed by atoms with Gasteiger partial charge < -0.3 is 10.1 Å². The first-order chi connectivity index (χ1) is 11.1. The highest BCUT2D eigenvalue weighted by Gasteiger charge is 2.52. The van der Waals surface area contributed by atoms with Gasteiger partial charge >= 0.3 is 12.0 Å². The van der Waals surface area contributed by atoms with Gasteiger partial charge in [-0.25, -0.2) is 4.79 Å². The van der Waals surface area contributed by atoms with Crippen LogP contribution < -0.4 is 5.32 Å². The highest BCUT2D eigenvalue weighted by molar-refractivity contribution is 5.97. The SMILES string of the molecule is CNC(=O)N1C(=O)C[C@H]2C(C(=O)OCc3ccccc3)CC[C@@H]21. The molecule has 6 heteroatoms. The van der Waals surface area contributed by atoms with Gasteiger partial charge in [-0.2, -0.15) is 0 Å². The normalized spacial score (nSPS) is 26.0. The van der Waals surface area contributed by atoms with Crippen molar-refractivity contribution in [1.82, 2.24) is 10.2 Å². The Morgan fingerprint density at radius 3 is 2.70 bits per heavy atom. The van der Waals surface area contributed by atoms with Crippen LogP contribution >= 0.6 is 0 Å². The molecule has 23 heavy (non-hydrogen) atoms. The zero-order chi connectivity index (χ0) is 16.4. The van der Waals surface area contributed by atoms with Gasteiger partial charge in [0.25, 0.3) is 0 Å². The van der Waals surface area contributed by atoms with E-state index < -0.39 is 0 Å². The Hall–Kier alpha value is -2.37. The van der Waals surface area contributed by atoms with E-state index in [9.17, 15) is 14.4 Å². The molecule has 0 aromatic heterocycles. The van der Waals surface area contributed by atoms with Gasteiger partial charge in [-0.3, -0.25) is 14.5 Å². The molecule has 6 nitrogen and oxygen atoms in total. The second-order valence-electron chi connectivity index (χ2n) is 6.03. The number of esters is 1. The summed E-state index contributed by atoms with van der Waals surface area (Å²) in [4.78, 5) is 37.5. The molecular formula is C17H20N2O4. The van der Waals surface area contributed by atoms with E-state index in [1.807, 2.05) is 30.3 Å². The minimum atomic E-state index is -0.388. The summed E-state index contributed by atoms with van der Waals surface area (Å²) in [5.41, 5.74) is 0.935. The molecule has 3 rings (SSSR count). The number of urea groups is 1. The third-order valence-corrected chi connectivity index (χ3v) is 4.75. The highest BCUT2D eigenvalue weighted by Crippen LogP contribution is 2.43. The molecule has 1 aromatic carbocycles. The molecule has 1 heterocycles. The molecule has 1 aromatic rings. The smallest absolute Gasteiger partial charge is 0.324 e. The number of rotatable bonds is 3. The van der Waals surface area contributed by atoms with Crippen LogP contribution in [0.4, 0.5) is 4.79 Å². The Bertz CT molecular complexity index is 616. The molecule has 1 unspecified atom stereocenters. The van der Waals surface area contributed by atoms with Crippen molar-refractivity contribution in [1.29, 1.82) is 0 Å². The van der Waals surface area contributed by atoms with Crippen molar-refractivity contribution < 1.29 is 19.1 Å². The number of benzene rings is 1. The lowest BCUT2D eigenvalue weighted by molar-refractivity contribution is -0.151. The molecule has 1 aliphatic carbocycles. The molecule has 1 saturated carbocycles. The van der Waals surface area contributed by atoms with Crippen LogP contribution in [0.15, 0.2) is 30.3 Å². The van der Waals surface area contributed by atoms with Gasteiger partial charge in [-0.15, -0.1) is 0 Å². The van der Waals surface area contributed by atoms with Crippen LogP contribution in [0.1, 0.15) is 24.8 Å². The van der Waals surface area contributed by atoms with E-state index in [0.29, 0.717) is 12.8 Å².